The first kappa shape index (κ1) is 22.1. The Kier molecular flexibility index (Phi) is 7.44. The summed E-state index contributed by atoms with van der Waals surface area (Å²) < 4.78 is 5.26. The highest BCUT2D eigenvalue weighted by Gasteiger charge is 2.26. The second kappa shape index (κ2) is 10.4. The standard InChI is InChI=1S/C20H27N7O4/c1-2-3-7-22-20(30)26-27-10-15-16(11-27)24-25-19(15)23-18(29)9-13-5-4-6-14(8-13)31-12-17(21)28/h4-6,8H,2-3,7,9-12H2,1H3,(H2,21,28)(H2,22,26,30)(H2,23,24,25,29). The van der Waals surface area contributed by atoms with Crippen LogP contribution < -0.4 is 26.5 Å². The lowest BCUT2D eigenvalue weighted by molar-refractivity contribution is -0.120. The minimum atomic E-state index is -0.572. The molecule has 4 amide bonds. The first-order valence-electron chi connectivity index (χ1n) is 10.1. The molecule has 1 aliphatic rings. The number of H-pyrrole nitrogens is 1. The highest BCUT2D eigenvalue weighted by Crippen LogP contribution is 2.26. The second-order valence-electron chi connectivity index (χ2n) is 7.23. The van der Waals surface area contributed by atoms with Crippen LogP contribution in [0.2, 0.25) is 0 Å². The van der Waals surface area contributed by atoms with Gasteiger partial charge in [-0.2, -0.15) is 5.10 Å². The summed E-state index contributed by atoms with van der Waals surface area (Å²) in [6.07, 6.45) is 2.04. The predicted octanol–water partition coefficient (Wildman–Crippen LogP) is 0.785. The van der Waals surface area contributed by atoms with Crippen LogP contribution in [0, 0.1) is 0 Å². The molecule has 11 nitrogen and oxygen atoms in total. The Morgan fingerprint density at radius 1 is 1.29 bits per heavy atom. The van der Waals surface area contributed by atoms with E-state index in [1.807, 2.05) is 0 Å². The van der Waals surface area contributed by atoms with Gasteiger partial charge in [-0.05, 0) is 24.1 Å². The molecular weight excluding hydrogens is 402 g/mol. The van der Waals surface area contributed by atoms with Gasteiger partial charge in [0.2, 0.25) is 5.91 Å². The number of hydrazine groups is 1. The van der Waals surface area contributed by atoms with Crippen molar-refractivity contribution in [1.29, 1.82) is 0 Å². The van der Waals surface area contributed by atoms with Gasteiger partial charge in [0.15, 0.2) is 12.4 Å². The average molecular weight is 429 g/mol. The van der Waals surface area contributed by atoms with Gasteiger partial charge in [-0.1, -0.05) is 25.5 Å². The van der Waals surface area contributed by atoms with Gasteiger partial charge < -0.3 is 21.1 Å². The third kappa shape index (κ3) is 6.44. The molecule has 0 radical (unpaired) electrons. The number of aromatic amines is 1. The summed E-state index contributed by atoms with van der Waals surface area (Å²) >= 11 is 0. The molecule has 3 rings (SSSR count). The van der Waals surface area contributed by atoms with Crippen LogP contribution in [0.15, 0.2) is 24.3 Å². The minimum absolute atomic E-state index is 0.108. The number of rotatable bonds is 10. The number of aromatic nitrogens is 2. The summed E-state index contributed by atoms with van der Waals surface area (Å²) in [5, 5.41) is 14.4. The molecule has 6 N–H and O–H groups in total. The number of nitrogens with zero attached hydrogens (tertiary/aromatic N) is 2. The molecule has 0 saturated carbocycles. The maximum atomic E-state index is 12.5. The molecule has 1 aromatic heterocycles. The number of amides is 4. The van der Waals surface area contributed by atoms with E-state index in [2.05, 4.69) is 33.2 Å². The monoisotopic (exact) mass is 429 g/mol. The normalized spacial score (nSPS) is 12.8. The van der Waals surface area contributed by atoms with E-state index in [0.717, 1.165) is 29.7 Å². The number of primary amides is 1. The lowest BCUT2D eigenvalue weighted by Crippen LogP contribution is -2.45. The molecule has 0 bridgehead atoms. The number of carbonyl (C=O) groups is 3. The van der Waals surface area contributed by atoms with E-state index >= 15 is 0 Å². The highest BCUT2D eigenvalue weighted by atomic mass is 16.5. The lowest BCUT2D eigenvalue weighted by atomic mass is 10.1. The van der Waals surface area contributed by atoms with Crippen LogP contribution in [0.25, 0.3) is 0 Å². The van der Waals surface area contributed by atoms with Crippen LogP contribution >= 0.6 is 0 Å². The van der Waals surface area contributed by atoms with Gasteiger partial charge in [-0.15, -0.1) is 0 Å². The van der Waals surface area contributed by atoms with E-state index < -0.39 is 5.91 Å². The molecule has 0 fully saturated rings. The van der Waals surface area contributed by atoms with Gasteiger partial charge in [0, 0.05) is 18.7 Å². The Bertz CT molecular complexity index is 943. The highest BCUT2D eigenvalue weighted by molar-refractivity contribution is 5.92. The topological polar surface area (TPSA) is 154 Å². The molecular formula is C20H27N7O4. The third-order valence-electron chi connectivity index (χ3n) is 4.63. The van der Waals surface area contributed by atoms with Crippen molar-refractivity contribution in [2.75, 3.05) is 18.5 Å². The Balaban J connectivity index is 1.52. The summed E-state index contributed by atoms with van der Waals surface area (Å²) in [7, 11) is 0. The first-order chi connectivity index (χ1) is 14.9. The van der Waals surface area contributed by atoms with Crippen molar-refractivity contribution in [2.24, 2.45) is 5.73 Å². The van der Waals surface area contributed by atoms with Gasteiger partial charge in [0.05, 0.1) is 18.7 Å². The number of nitrogens with two attached hydrogens (primary N) is 1. The predicted molar refractivity (Wildman–Crippen MR) is 113 cm³/mol. The van der Waals surface area contributed by atoms with E-state index in [1.54, 1.807) is 29.3 Å². The van der Waals surface area contributed by atoms with E-state index in [4.69, 9.17) is 10.5 Å². The van der Waals surface area contributed by atoms with Gasteiger partial charge in [-0.3, -0.25) is 20.1 Å². The molecule has 0 atom stereocenters. The van der Waals surface area contributed by atoms with Crippen LogP contribution in [0.1, 0.15) is 36.6 Å². The molecule has 0 spiro atoms. The number of unbranched alkanes of at least 4 members (excludes halogenated alkanes) is 1. The van der Waals surface area contributed by atoms with E-state index in [-0.39, 0.29) is 25.0 Å². The van der Waals surface area contributed by atoms with Crippen molar-refractivity contribution >= 4 is 23.7 Å². The van der Waals surface area contributed by atoms with Crippen LogP contribution in [-0.4, -0.2) is 46.2 Å². The van der Waals surface area contributed by atoms with Gasteiger partial charge in [0.1, 0.15) is 5.75 Å². The van der Waals surface area contributed by atoms with Crippen molar-refractivity contribution in [3.05, 3.63) is 41.1 Å². The summed E-state index contributed by atoms with van der Waals surface area (Å²) in [6, 6.07) is 6.63. The number of anilines is 1. The van der Waals surface area contributed by atoms with E-state index in [0.29, 0.717) is 31.2 Å². The summed E-state index contributed by atoms with van der Waals surface area (Å²) in [5.41, 5.74) is 10.3. The second-order valence-corrected chi connectivity index (χ2v) is 7.23. The molecule has 2 aromatic rings. The van der Waals surface area contributed by atoms with Crippen molar-refractivity contribution in [2.45, 2.75) is 39.3 Å². The number of benzene rings is 1. The number of ether oxygens (including phenoxy) is 1. The summed E-state index contributed by atoms with van der Waals surface area (Å²) in [5.74, 6) is 0.0862. The average Bonchev–Trinajstić information content (AvgIpc) is 3.28. The van der Waals surface area contributed by atoms with Gasteiger partial charge in [-0.25, -0.2) is 9.80 Å². The quantitative estimate of drug-likeness (QED) is 0.352. The Morgan fingerprint density at radius 3 is 2.90 bits per heavy atom. The molecule has 0 aliphatic carbocycles. The Labute approximate surface area is 179 Å². The van der Waals surface area contributed by atoms with Crippen molar-refractivity contribution in [3.8, 4) is 5.75 Å². The van der Waals surface area contributed by atoms with Gasteiger partial charge in [0.25, 0.3) is 5.91 Å². The number of urea groups is 1. The third-order valence-corrected chi connectivity index (χ3v) is 4.63. The molecule has 1 aliphatic heterocycles. The van der Waals surface area contributed by atoms with Crippen LogP contribution in [-0.2, 0) is 29.1 Å². The van der Waals surface area contributed by atoms with E-state index in [9.17, 15) is 14.4 Å². The first-order valence-corrected chi connectivity index (χ1v) is 10.1. The van der Waals surface area contributed by atoms with Crippen molar-refractivity contribution < 1.29 is 19.1 Å². The summed E-state index contributed by atoms with van der Waals surface area (Å²) in [4.78, 5) is 35.3. The number of hydrogen-bond acceptors (Lipinski definition) is 6. The molecule has 0 unspecified atom stereocenters. The SMILES string of the molecule is CCCCNC(=O)NN1Cc2[nH]nc(NC(=O)Cc3cccc(OCC(N)=O)c3)c2C1. The van der Waals surface area contributed by atoms with Crippen molar-refractivity contribution in [1.82, 2.24) is 25.9 Å². The molecule has 11 heteroatoms. The fourth-order valence-corrected chi connectivity index (χ4v) is 3.15. The molecule has 2 heterocycles. The molecule has 1 aromatic carbocycles. The van der Waals surface area contributed by atoms with E-state index in [1.165, 1.54) is 0 Å². The van der Waals surface area contributed by atoms with Gasteiger partial charge >= 0.3 is 6.03 Å². The van der Waals surface area contributed by atoms with Crippen LogP contribution in [0.4, 0.5) is 10.6 Å². The summed E-state index contributed by atoms with van der Waals surface area (Å²) in [6.45, 7) is 3.36. The van der Waals surface area contributed by atoms with Crippen LogP contribution in [0.5, 0.6) is 5.75 Å². The zero-order chi connectivity index (χ0) is 22.2. The maximum Gasteiger partial charge on any atom is 0.329 e. The molecule has 0 saturated heterocycles. The minimum Gasteiger partial charge on any atom is -0.484 e. The fraction of sp³-hybridized carbons (Fsp3) is 0.400. The van der Waals surface area contributed by atoms with Crippen molar-refractivity contribution in [3.63, 3.8) is 0 Å². The Hall–Kier alpha value is -3.60. The smallest absolute Gasteiger partial charge is 0.329 e. The molecule has 31 heavy (non-hydrogen) atoms. The Morgan fingerprint density at radius 2 is 2.13 bits per heavy atom. The largest absolute Gasteiger partial charge is 0.484 e. The van der Waals surface area contributed by atoms with Crippen LogP contribution in [0.3, 0.4) is 0 Å². The maximum absolute atomic E-state index is 12.5. The lowest BCUT2D eigenvalue weighted by Gasteiger charge is -2.17. The molecule has 166 valence electrons. The zero-order valence-corrected chi connectivity index (χ0v) is 17.4. The number of nitrogens with one attached hydrogen (secondary N) is 4. The number of fused-ring (bicyclic) bond motifs is 1. The number of carbonyl (C=O) groups excluding carboxylic acids is 3. The fourth-order valence-electron chi connectivity index (χ4n) is 3.15. The number of hydrogen-bond donors (Lipinski definition) is 5. The zero-order valence-electron chi connectivity index (χ0n) is 17.4.